The van der Waals surface area contributed by atoms with Crippen LogP contribution in [-0.4, -0.2) is 60.1 Å². The predicted octanol–water partition coefficient (Wildman–Crippen LogP) is 2.70. The van der Waals surface area contributed by atoms with Crippen molar-refractivity contribution in [3.63, 3.8) is 0 Å². The molecule has 2 amide bonds. The first-order valence-electron chi connectivity index (χ1n) is 11.3. The average Bonchev–Trinajstić information content (AvgIpc) is 3.01. The first-order valence-corrected chi connectivity index (χ1v) is 13.1. The number of alkyl halides is 2. The molecule has 194 valence electrons. The van der Waals surface area contributed by atoms with Crippen LogP contribution in [0, 0.1) is 0 Å². The maximum atomic E-state index is 13.5. The number of amides is 2. The van der Waals surface area contributed by atoms with Gasteiger partial charge in [0, 0.05) is 17.2 Å². The Morgan fingerprint density at radius 3 is 2.50 bits per heavy atom. The number of halogens is 2. The summed E-state index contributed by atoms with van der Waals surface area (Å²) in [4.78, 5) is 31.6. The van der Waals surface area contributed by atoms with E-state index in [1.165, 1.54) is 17.2 Å². The molecule has 2 N–H and O–H groups in total. The second-order valence-corrected chi connectivity index (χ2v) is 12.2. The molecule has 0 radical (unpaired) electrons. The van der Waals surface area contributed by atoms with E-state index < -0.39 is 33.5 Å². The number of nitrogens with one attached hydrogen (secondary N) is 1. The molecule has 1 aromatic heterocycles. The number of nitrogens with zero attached hydrogens (tertiary/aromatic N) is 2. The molecule has 0 aliphatic carbocycles. The van der Waals surface area contributed by atoms with Gasteiger partial charge in [0.15, 0.2) is 0 Å². The van der Waals surface area contributed by atoms with Gasteiger partial charge in [-0.2, -0.15) is 8.78 Å². The smallest absolute Gasteiger partial charge is 0.421 e. The predicted molar refractivity (Wildman–Crippen MR) is 127 cm³/mol. The van der Waals surface area contributed by atoms with E-state index in [0.717, 1.165) is 6.20 Å². The van der Waals surface area contributed by atoms with E-state index >= 15 is 0 Å². The van der Waals surface area contributed by atoms with Gasteiger partial charge in [0.05, 0.1) is 40.7 Å². The zero-order valence-electron chi connectivity index (χ0n) is 20.0. The monoisotopic (exact) mass is 523 g/mol. The number of carbonyl (C=O) groups excluding carboxylic acids is 2. The fraction of sp³-hybridized carbons (Fsp3) is 0.458. The number of fused-ring (bicyclic) bond motifs is 1. The van der Waals surface area contributed by atoms with Gasteiger partial charge in [0.25, 0.3) is 5.91 Å². The number of pyridine rings is 1. The molecule has 3 heterocycles. The molecule has 9 nitrogen and oxygen atoms in total. The van der Waals surface area contributed by atoms with Crippen LogP contribution >= 0.6 is 0 Å². The van der Waals surface area contributed by atoms with Crippen LogP contribution in [0.3, 0.4) is 0 Å². The lowest BCUT2D eigenvalue weighted by molar-refractivity contribution is -0.200. The Bertz CT molecular complexity index is 1310. The summed E-state index contributed by atoms with van der Waals surface area (Å²) >= 11 is 0. The molecule has 2 aromatic rings. The maximum Gasteiger partial charge on any atom is 0.421 e. The Hall–Kier alpha value is -3.12. The second-order valence-electron chi connectivity index (χ2n) is 9.94. The van der Waals surface area contributed by atoms with Crippen molar-refractivity contribution in [3.8, 4) is 5.75 Å². The van der Waals surface area contributed by atoms with Crippen LogP contribution in [0.25, 0.3) is 0 Å². The summed E-state index contributed by atoms with van der Waals surface area (Å²) in [7, 11) is -3.09. The number of hydrogen-bond acceptors (Lipinski definition) is 7. The van der Waals surface area contributed by atoms with Crippen molar-refractivity contribution in [1.82, 2.24) is 10.3 Å². The lowest BCUT2D eigenvalue weighted by atomic mass is 9.85. The standard InChI is InChI=1S/C24H27F2N3O6S/c1-22(2)18-10-15(20(31)28-23(3)6-8-36(33,34)9-7-23)4-5-19(18)29(21(22)32)16-11-17(13-27-12-16)35-24(25,26)14-30/h4-5,10-13,30H,6-9,14H2,1-3H3,(H,28,31). The number of aliphatic hydroxyl groups is 1. The van der Waals surface area contributed by atoms with Crippen molar-refractivity contribution in [2.24, 2.45) is 0 Å². The summed E-state index contributed by atoms with van der Waals surface area (Å²) in [6, 6.07) is 5.98. The zero-order valence-corrected chi connectivity index (χ0v) is 20.9. The second kappa shape index (κ2) is 8.77. The van der Waals surface area contributed by atoms with Crippen molar-refractivity contribution < 1.29 is 36.6 Å². The molecule has 0 spiro atoms. The highest BCUT2D eigenvalue weighted by Crippen LogP contribution is 2.46. The molecule has 1 saturated heterocycles. The highest BCUT2D eigenvalue weighted by atomic mass is 32.2. The van der Waals surface area contributed by atoms with Gasteiger partial charge in [-0.05, 0) is 57.4 Å². The number of ether oxygens (including phenoxy) is 1. The lowest BCUT2D eigenvalue weighted by Gasteiger charge is -2.34. The normalized spacial score (nSPS) is 20.1. The highest BCUT2D eigenvalue weighted by molar-refractivity contribution is 7.91. The van der Waals surface area contributed by atoms with Crippen LogP contribution in [0.2, 0.25) is 0 Å². The first kappa shape index (κ1) is 26.0. The molecule has 1 aromatic carbocycles. The number of aliphatic hydroxyl groups excluding tert-OH is 1. The third-order valence-electron chi connectivity index (χ3n) is 6.66. The van der Waals surface area contributed by atoms with Crippen LogP contribution in [0.1, 0.15) is 49.5 Å². The van der Waals surface area contributed by atoms with Crippen molar-refractivity contribution in [1.29, 1.82) is 0 Å². The number of carbonyl (C=O) groups is 2. The summed E-state index contributed by atoms with van der Waals surface area (Å²) in [5.74, 6) is -1.06. The quantitative estimate of drug-likeness (QED) is 0.596. The topological polar surface area (TPSA) is 126 Å². The van der Waals surface area contributed by atoms with E-state index in [9.17, 15) is 26.8 Å². The van der Waals surface area contributed by atoms with E-state index in [4.69, 9.17) is 5.11 Å². The number of benzene rings is 1. The largest absolute Gasteiger partial charge is 0.429 e. The Morgan fingerprint density at radius 2 is 1.86 bits per heavy atom. The highest BCUT2D eigenvalue weighted by Gasteiger charge is 2.45. The molecule has 4 rings (SSSR count). The molecular formula is C24H27F2N3O6S. The van der Waals surface area contributed by atoms with Crippen LogP contribution < -0.4 is 15.0 Å². The average molecular weight is 524 g/mol. The van der Waals surface area contributed by atoms with Crippen molar-refractivity contribution >= 4 is 33.0 Å². The molecule has 0 bridgehead atoms. The molecule has 12 heteroatoms. The summed E-state index contributed by atoms with van der Waals surface area (Å²) in [6.45, 7) is 3.67. The van der Waals surface area contributed by atoms with E-state index in [0.29, 0.717) is 29.7 Å². The minimum atomic E-state index is -3.81. The Labute approximate surface area is 207 Å². The summed E-state index contributed by atoms with van der Waals surface area (Å²) in [6.07, 6.45) is -0.821. The van der Waals surface area contributed by atoms with Crippen LogP contribution in [0.4, 0.5) is 20.2 Å². The third kappa shape index (κ3) is 4.92. The van der Waals surface area contributed by atoms with Crippen LogP contribution in [0.15, 0.2) is 36.7 Å². The van der Waals surface area contributed by atoms with Gasteiger partial charge in [-0.3, -0.25) is 19.5 Å². The van der Waals surface area contributed by atoms with Crippen LogP contribution in [0.5, 0.6) is 5.75 Å². The summed E-state index contributed by atoms with van der Waals surface area (Å²) < 4.78 is 55.0. The van der Waals surface area contributed by atoms with E-state index in [-0.39, 0.29) is 34.8 Å². The van der Waals surface area contributed by atoms with Gasteiger partial charge < -0.3 is 15.2 Å². The zero-order chi connectivity index (χ0) is 26.5. The lowest BCUT2D eigenvalue weighted by Crippen LogP contribution is -2.50. The number of aromatic nitrogens is 1. The van der Waals surface area contributed by atoms with E-state index in [2.05, 4.69) is 15.0 Å². The van der Waals surface area contributed by atoms with Crippen molar-refractivity contribution in [2.75, 3.05) is 23.0 Å². The molecule has 1 fully saturated rings. The van der Waals surface area contributed by atoms with Gasteiger partial charge in [0.2, 0.25) is 5.91 Å². The molecule has 0 atom stereocenters. The minimum Gasteiger partial charge on any atom is -0.429 e. The fourth-order valence-corrected chi connectivity index (χ4v) is 6.11. The fourth-order valence-electron chi connectivity index (χ4n) is 4.38. The van der Waals surface area contributed by atoms with Crippen LogP contribution in [-0.2, 0) is 20.0 Å². The molecule has 0 unspecified atom stereocenters. The van der Waals surface area contributed by atoms with Crippen molar-refractivity contribution in [3.05, 3.63) is 47.8 Å². The Balaban J connectivity index is 1.63. The minimum absolute atomic E-state index is 0.00547. The molecule has 2 aliphatic rings. The number of anilines is 2. The first-order chi connectivity index (χ1) is 16.7. The van der Waals surface area contributed by atoms with Crippen molar-refractivity contribution in [2.45, 2.75) is 50.7 Å². The molecular weight excluding hydrogens is 496 g/mol. The summed E-state index contributed by atoms with van der Waals surface area (Å²) in [5, 5.41) is 11.7. The molecule has 0 saturated carbocycles. The Kier molecular flexibility index (Phi) is 6.32. The van der Waals surface area contributed by atoms with E-state index in [1.54, 1.807) is 32.0 Å². The maximum absolute atomic E-state index is 13.5. The number of rotatable bonds is 6. The number of hydrogen-bond donors (Lipinski definition) is 2. The number of sulfone groups is 1. The summed E-state index contributed by atoms with van der Waals surface area (Å²) in [5.41, 5.74) is -0.190. The van der Waals surface area contributed by atoms with Gasteiger partial charge in [-0.1, -0.05) is 0 Å². The van der Waals surface area contributed by atoms with Gasteiger partial charge in [-0.15, -0.1) is 0 Å². The van der Waals surface area contributed by atoms with Gasteiger partial charge in [0.1, 0.15) is 22.2 Å². The molecule has 2 aliphatic heterocycles. The van der Waals surface area contributed by atoms with Gasteiger partial charge >= 0.3 is 6.11 Å². The van der Waals surface area contributed by atoms with Gasteiger partial charge in [-0.25, -0.2) is 8.42 Å². The van der Waals surface area contributed by atoms with E-state index in [1.807, 2.05) is 6.92 Å². The Morgan fingerprint density at radius 1 is 1.19 bits per heavy atom. The SMILES string of the molecule is CC1(NC(=O)c2ccc3c(c2)C(C)(C)C(=O)N3c2cncc(OC(F)(F)CO)c2)CCS(=O)(=O)CC1. The molecule has 36 heavy (non-hydrogen) atoms. The third-order valence-corrected chi connectivity index (χ3v) is 8.32.